The average Bonchev–Trinajstić information content (AvgIpc) is 3.11. The largest absolute Gasteiger partial charge is 0.508 e. The van der Waals surface area contributed by atoms with Crippen LogP contribution in [0, 0.1) is 0 Å². The summed E-state index contributed by atoms with van der Waals surface area (Å²) < 4.78 is 16.4. The molecule has 0 bridgehead atoms. The van der Waals surface area contributed by atoms with Crippen LogP contribution in [0.2, 0.25) is 0 Å². The summed E-state index contributed by atoms with van der Waals surface area (Å²) in [4.78, 5) is 26.8. The predicted octanol–water partition coefficient (Wildman–Crippen LogP) is 12.5. The van der Waals surface area contributed by atoms with Gasteiger partial charge in [0.2, 0.25) is 0 Å². The van der Waals surface area contributed by atoms with Gasteiger partial charge in [0.15, 0.2) is 0 Å². The van der Waals surface area contributed by atoms with Gasteiger partial charge in [-0.15, -0.1) is 0 Å². The molecule has 0 aliphatic heterocycles. The summed E-state index contributed by atoms with van der Waals surface area (Å²) in [5.74, 6) is 0.00591. The summed E-state index contributed by atoms with van der Waals surface area (Å²) in [5.41, 5.74) is 0. The summed E-state index contributed by atoms with van der Waals surface area (Å²) >= 11 is 0. The van der Waals surface area contributed by atoms with E-state index in [1.807, 2.05) is 0 Å². The number of hydrogen-bond donors (Lipinski definition) is 1. The minimum atomic E-state index is -0.531. The van der Waals surface area contributed by atoms with E-state index in [2.05, 4.69) is 25.7 Å². The molecule has 0 aromatic heterocycles. The van der Waals surface area contributed by atoms with Crippen LogP contribution in [0.15, 0.2) is 0 Å². The topological polar surface area (TPSA) is 85.3 Å². The van der Waals surface area contributed by atoms with Crippen molar-refractivity contribution in [2.45, 2.75) is 226 Å². The third-order valence-corrected chi connectivity index (χ3v) is 9.89. The highest BCUT2D eigenvalue weighted by molar-refractivity contribution is 5.69. The molecular weight excluding hydrogens is 626 g/mol. The molecule has 0 fully saturated rings. The van der Waals surface area contributed by atoms with Gasteiger partial charge in [-0.1, -0.05) is 156 Å². The summed E-state index contributed by atoms with van der Waals surface area (Å²) in [7, 11) is 0. The summed E-state index contributed by atoms with van der Waals surface area (Å²) in [6, 6.07) is 0. The van der Waals surface area contributed by atoms with Crippen molar-refractivity contribution in [2.75, 3.05) is 39.5 Å². The van der Waals surface area contributed by atoms with Gasteiger partial charge in [-0.25, -0.2) is 4.79 Å². The van der Waals surface area contributed by atoms with Gasteiger partial charge in [-0.2, -0.15) is 0 Å². The second-order valence-corrected chi connectivity index (χ2v) is 14.8. The molecule has 0 radical (unpaired) electrons. The Hall–Kier alpha value is -1.34. The van der Waals surface area contributed by atoms with Gasteiger partial charge in [0.25, 0.3) is 0 Å². The zero-order valence-corrected chi connectivity index (χ0v) is 33.7. The Labute approximate surface area is 310 Å². The first-order chi connectivity index (χ1) is 24.6. The fourth-order valence-corrected chi connectivity index (χ4v) is 6.63. The molecule has 7 heteroatoms. The number of esters is 1. The van der Waals surface area contributed by atoms with Gasteiger partial charge in [0.05, 0.1) is 19.8 Å². The van der Waals surface area contributed by atoms with E-state index in [0.717, 1.165) is 103 Å². The van der Waals surface area contributed by atoms with E-state index in [1.165, 1.54) is 109 Å². The number of unbranched alkanes of at least 4 members (excludes halogenated alkanes) is 23. The predicted molar refractivity (Wildman–Crippen MR) is 211 cm³/mol. The van der Waals surface area contributed by atoms with Gasteiger partial charge >= 0.3 is 12.1 Å². The third kappa shape index (κ3) is 36.5. The minimum absolute atomic E-state index is 0.00591. The lowest BCUT2D eigenvalue weighted by atomic mass is 10.0. The van der Waals surface area contributed by atoms with Crippen LogP contribution in [0.1, 0.15) is 220 Å². The standard InChI is InChI=1S/C43H85NO6/c1-4-7-10-13-16-23-30-39-48-43(47)49-40-31-24-22-29-36-44(37-38-45)35-28-21-17-20-27-34-42(46)50-41(32-25-18-14-11-8-5-2)33-26-19-15-12-9-6-3/h41,45H,4-40H2,1-3H3. The molecule has 0 aromatic carbocycles. The molecule has 0 saturated carbocycles. The van der Waals surface area contributed by atoms with Crippen molar-refractivity contribution in [1.82, 2.24) is 4.90 Å². The second kappa shape index (κ2) is 40.4. The molecule has 0 aliphatic rings. The van der Waals surface area contributed by atoms with Crippen LogP contribution in [-0.4, -0.2) is 67.7 Å². The molecule has 0 saturated heterocycles. The van der Waals surface area contributed by atoms with Crippen LogP contribution in [-0.2, 0) is 19.0 Å². The second-order valence-electron chi connectivity index (χ2n) is 14.8. The molecule has 0 unspecified atom stereocenters. The first-order valence-electron chi connectivity index (χ1n) is 21.9. The van der Waals surface area contributed by atoms with E-state index in [-0.39, 0.29) is 18.7 Å². The number of hydrogen-bond acceptors (Lipinski definition) is 7. The maximum absolute atomic E-state index is 12.7. The maximum Gasteiger partial charge on any atom is 0.508 e. The lowest BCUT2D eigenvalue weighted by molar-refractivity contribution is -0.150. The third-order valence-electron chi connectivity index (χ3n) is 9.89. The maximum atomic E-state index is 12.7. The molecule has 0 atom stereocenters. The van der Waals surface area contributed by atoms with Gasteiger partial charge < -0.3 is 24.2 Å². The normalized spacial score (nSPS) is 11.5. The van der Waals surface area contributed by atoms with Crippen LogP contribution in [0.4, 0.5) is 4.79 Å². The van der Waals surface area contributed by atoms with Crippen molar-refractivity contribution in [2.24, 2.45) is 0 Å². The molecule has 50 heavy (non-hydrogen) atoms. The Morgan fingerprint density at radius 2 is 0.860 bits per heavy atom. The van der Waals surface area contributed by atoms with Crippen molar-refractivity contribution in [1.29, 1.82) is 0 Å². The molecule has 0 aromatic rings. The zero-order valence-electron chi connectivity index (χ0n) is 33.7. The van der Waals surface area contributed by atoms with Gasteiger partial charge in [-0.05, 0) is 70.9 Å². The van der Waals surface area contributed by atoms with E-state index in [9.17, 15) is 14.7 Å². The lowest BCUT2D eigenvalue weighted by Crippen LogP contribution is -2.29. The monoisotopic (exact) mass is 712 g/mol. The van der Waals surface area contributed by atoms with E-state index in [1.54, 1.807) is 0 Å². The van der Waals surface area contributed by atoms with Gasteiger partial charge in [0, 0.05) is 13.0 Å². The smallest absolute Gasteiger partial charge is 0.462 e. The van der Waals surface area contributed by atoms with Crippen molar-refractivity contribution in [3.63, 3.8) is 0 Å². The molecule has 0 aliphatic carbocycles. The van der Waals surface area contributed by atoms with E-state index < -0.39 is 6.16 Å². The fraction of sp³-hybridized carbons (Fsp3) is 0.953. The first-order valence-corrected chi connectivity index (χ1v) is 21.9. The SMILES string of the molecule is CCCCCCCCCOC(=O)OCCCCCCN(CCO)CCCCCCCC(=O)OC(CCCCCCCC)CCCCCCCC. The van der Waals surface area contributed by atoms with Crippen molar-refractivity contribution < 1.29 is 28.9 Å². The first kappa shape index (κ1) is 48.7. The molecule has 0 rings (SSSR count). The molecular formula is C43H85NO6. The van der Waals surface area contributed by atoms with Crippen LogP contribution in [0.5, 0.6) is 0 Å². The van der Waals surface area contributed by atoms with E-state index >= 15 is 0 Å². The van der Waals surface area contributed by atoms with Crippen LogP contribution >= 0.6 is 0 Å². The number of aliphatic hydroxyl groups is 1. The zero-order chi connectivity index (χ0) is 36.6. The molecule has 0 heterocycles. The number of carbonyl (C=O) groups is 2. The average molecular weight is 712 g/mol. The van der Waals surface area contributed by atoms with E-state index in [4.69, 9.17) is 14.2 Å². The van der Waals surface area contributed by atoms with Crippen molar-refractivity contribution >= 4 is 12.1 Å². The number of ether oxygens (including phenoxy) is 3. The molecule has 1 N–H and O–H groups in total. The summed E-state index contributed by atoms with van der Waals surface area (Å²) in [6.07, 6.45) is 35.4. The Morgan fingerprint density at radius 1 is 0.480 bits per heavy atom. The number of aliphatic hydroxyl groups excluding tert-OH is 1. The van der Waals surface area contributed by atoms with Crippen LogP contribution < -0.4 is 0 Å². The molecule has 0 spiro atoms. The lowest BCUT2D eigenvalue weighted by Gasteiger charge is -2.21. The summed E-state index contributed by atoms with van der Waals surface area (Å²) in [6.45, 7) is 10.5. The minimum Gasteiger partial charge on any atom is -0.462 e. The van der Waals surface area contributed by atoms with Crippen LogP contribution in [0.25, 0.3) is 0 Å². The molecule has 0 amide bonds. The van der Waals surface area contributed by atoms with Crippen molar-refractivity contribution in [3.05, 3.63) is 0 Å². The number of nitrogens with zero attached hydrogens (tertiary/aromatic N) is 1. The highest BCUT2D eigenvalue weighted by Crippen LogP contribution is 2.18. The van der Waals surface area contributed by atoms with Gasteiger partial charge in [-0.3, -0.25) is 4.79 Å². The summed E-state index contributed by atoms with van der Waals surface area (Å²) in [5, 5.41) is 9.52. The highest BCUT2D eigenvalue weighted by atomic mass is 16.7. The quantitative estimate of drug-likeness (QED) is 0.0500. The number of carbonyl (C=O) groups excluding carboxylic acids is 2. The highest BCUT2D eigenvalue weighted by Gasteiger charge is 2.14. The Bertz CT molecular complexity index is 689. The number of rotatable bonds is 40. The van der Waals surface area contributed by atoms with Gasteiger partial charge in [0.1, 0.15) is 6.10 Å². The Balaban J connectivity index is 3.94. The van der Waals surface area contributed by atoms with Crippen LogP contribution in [0.3, 0.4) is 0 Å². The van der Waals surface area contributed by atoms with Crippen molar-refractivity contribution in [3.8, 4) is 0 Å². The molecule has 7 nitrogen and oxygen atoms in total. The Morgan fingerprint density at radius 3 is 1.30 bits per heavy atom. The Kier molecular flexibility index (Phi) is 39.3. The fourth-order valence-electron chi connectivity index (χ4n) is 6.63. The van der Waals surface area contributed by atoms with E-state index in [0.29, 0.717) is 19.6 Å². The molecule has 298 valence electrons.